The zero-order chi connectivity index (χ0) is 25.2. The third-order valence-electron chi connectivity index (χ3n) is 5.57. The minimum atomic E-state index is -4.05. The molecule has 35 heavy (non-hydrogen) atoms. The number of amides is 1. The molecule has 8 nitrogen and oxygen atoms in total. The van der Waals surface area contributed by atoms with Gasteiger partial charge in [-0.1, -0.05) is 23.7 Å². The molecule has 0 spiro atoms. The van der Waals surface area contributed by atoms with Crippen LogP contribution in [0.1, 0.15) is 28.8 Å². The molecule has 0 radical (unpaired) electrons. The van der Waals surface area contributed by atoms with Gasteiger partial charge in [0.1, 0.15) is 4.90 Å². The van der Waals surface area contributed by atoms with E-state index in [0.717, 1.165) is 18.4 Å². The van der Waals surface area contributed by atoms with Crippen molar-refractivity contribution in [1.82, 2.24) is 4.31 Å². The average Bonchev–Trinajstić information content (AvgIpc) is 3.35. The third kappa shape index (κ3) is 5.67. The summed E-state index contributed by atoms with van der Waals surface area (Å²) >= 11 is 6.15. The standard InChI is InChI=1S/C24H24ClN3O5S2/c1-17-5-4-6-20(15-17)27-34(30,31)23-16-18(7-12-22(23)25)24(29)26-19-8-10-21(11-9-19)35(32,33)28-13-2-3-14-28/h4-12,15-16,27H,2-3,13-14H2,1H3,(H,26,29). The molecule has 1 heterocycles. The number of benzene rings is 3. The number of anilines is 2. The Bertz CT molecular complexity index is 1470. The first-order valence-corrected chi connectivity index (χ1v) is 14.2. The summed E-state index contributed by atoms with van der Waals surface area (Å²) < 4.78 is 55.1. The Morgan fingerprint density at radius 1 is 0.886 bits per heavy atom. The van der Waals surface area contributed by atoms with Gasteiger partial charge in [0.05, 0.1) is 9.92 Å². The first-order valence-electron chi connectivity index (χ1n) is 10.9. The maximum absolute atomic E-state index is 12.9. The number of rotatable bonds is 7. The van der Waals surface area contributed by atoms with Gasteiger partial charge in [-0.15, -0.1) is 0 Å². The van der Waals surface area contributed by atoms with Crippen LogP contribution in [0.3, 0.4) is 0 Å². The molecule has 1 fully saturated rings. The van der Waals surface area contributed by atoms with E-state index in [9.17, 15) is 21.6 Å². The molecule has 3 aromatic rings. The Balaban J connectivity index is 1.52. The molecule has 4 rings (SSSR count). The molecule has 1 aliphatic rings. The fourth-order valence-electron chi connectivity index (χ4n) is 3.76. The van der Waals surface area contributed by atoms with Gasteiger partial charge in [0, 0.05) is 30.0 Å². The van der Waals surface area contributed by atoms with Gasteiger partial charge < -0.3 is 5.32 Å². The molecular formula is C24H24ClN3O5S2. The van der Waals surface area contributed by atoms with E-state index in [2.05, 4.69) is 10.0 Å². The quantitative estimate of drug-likeness (QED) is 0.465. The summed E-state index contributed by atoms with van der Waals surface area (Å²) in [6.45, 7) is 2.84. The van der Waals surface area contributed by atoms with Crippen molar-refractivity contribution in [2.75, 3.05) is 23.1 Å². The molecule has 0 aliphatic carbocycles. The molecule has 1 aliphatic heterocycles. The van der Waals surface area contributed by atoms with Crippen LogP contribution in [0.4, 0.5) is 11.4 Å². The minimum Gasteiger partial charge on any atom is -0.322 e. The lowest BCUT2D eigenvalue weighted by Gasteiger charge is -2.15. The summed E-state index contributed by atoms with van der Waals surface area (Å²) in [4.78, 5) is 12.7. The first kappa shape index (κ1) is 25.2. The molecule has 0 atom stereocenters. The number of carbonyl (C=O) groups excluding carboxylic acids is 1. The number of halogens is 1. The molecule has 1 saturated heterocycles. The lowest BCUT2D eigenvalue weighted by molar-refractivity contribution is 0.102. The van der Waals surface area contributed by atoms with E-state index in [1.165, 1.54) is 46.8 Å². The van der Waals surface area contributed by atoms with Gasteiger partial charge in [0.2, 0.25) is 10.0 Å². The summed E-state index contributed by atoms with van der Waals surface area (Å²) in [5.74, 6) is -0.566. The monoisotopic (exact) mass is 533 g/mol. The van der Waals surface area contributed by atoms with Gasteiger partial charge in [-0.25, -0.2) is 16.8 Å². The molecule has 0 bridgehead atoms. The smallest absolute Gasteiger partial charge is 0.263 e. The van der Waals surface area contributed by atoms with E-state index in [4.69, 9.17) is 11.6 Å². The number of nitrogens with zero attached hydrogens (tertiary/aromatic N) is 1. The first-order chi connectivity index (χ1) is 16.6. The van der Waals surface area contributed by atoms with Crippen molar-refractivity contribution < 1.29 is 21.6 Å². The summed E-state index contributed by atoms with van der Waals surface area (Å²) in [6.07, 6.45) is 1.68. The second kappa shape index (κ2) is 9.98. The fourth-order valence-corrected chi connectivity index (χ4v) is 6.85. The van der Waals surface area contributed by atoms with Gasteiger partial charge >= 0.3 is 0 Å². The van der Waals surface area contributed by atoms with Crippen LogP contribution in [0.15, 0.2) is 76.5 Å². The van der Waals surface area contributed by atoms with Gasteiger partial charge in [0.25, 0.3) is 15.9 Å². The van der Waals surface area contributed by atoms with E-state index in [1.54, 1.807) is 18.2 Å². The topological polar surface area (TPSA) is 113 Å². The zero-order valence-electron chi connectivity index (χ0n) is 18.9. The molecule has 0 saturated carbocycles. The van der Waals surface area contributed by atoms with Gasteiger partial charge in [-0.3, -0.25) is 9.52 Å². The predicted octanol–water partition coefficient (Wildman–Crippen LogP) is 4.49. The Hall–Kier alpha value is -2.92. The number of nitrogens with one attached hydrogen (secondary N) is 2. The molecule has 2 N–H and O–H groups in total. The van der Waals surface area contributed by atoms with Crippen LogP contribution in [0.2, 0.25) is 5.02 Å². The summed E-state index contributed by atoms with van der Waals surface area (Å²) in [6, 6.07) is 16.7. The van der Waals surface area contributed by atoms with Crippen LogP contribution in [0.25, 0.3) is 0 Å². The third-order valence-corrected chi connectivity index (χ3v) is 9.34. The number of sulfonamides is 2. The predicted molar refractivity (Wildman–Crippen MR) is 136 cm³/mol. The average molecular weight is 534 g/mol. The highest BCUT2D eigenvalue weighted by atomic mass is 35.5. The zero-order valence-corrected chi connectivity index (χ0v) is 21.3. The highest BCUT2D eigenvalue weighted by Gasteiger charge is 2.27. The second-order valence-electron chi connectivity index (χ2n) is 8.21. The van der Waals surface area contributed by atoms with Crippen molar-refractivity contribution in [3.05, 3.63) is 82.9 Å². The Morgan fingerprint density at radius 2 is 1.57 bits per heavy atom. The Kier molecular flexibility index (Phi) is 7.18. The lowest BCUT2D eigenvalue weighted by atomic mass is 10.2. The molecule has 3 aromatic carbocycles. The van der Waals surface area contributed by atoms with Crippen LogP contribution in [0.5, 0.6) is 0 Å². The van der Waals surface area contributed by atoms with Crippen molar-refractivity contribution >= 4 is 48.9 Å². The fraction of sp³-hybridized carbons (Fsp3) is 0.208. The van der Waals surface area contributed by atoms with Gasteiger partial charge in [-0.05, 0) is 79.9 Å². The summed E-state index contributed by atoms with van der Waals surface area (Å²) in [5, 5.41) is 2.63. The number of hydrogen-bond donors (Lipinski definition) is 2. The van der Waals surface area contributed by atoms with Crippen molar-refractivity contribution in [3.63, 3.8) is 0 Å². The number of aryl methyl sites for hydroxylation is 1. The van der Waals surface area contributed by atoms with Crippen LogP contribution in [-0.4, -0.2) is 40.1 Å². The maximum atomic E-state index is 12.9. The highest BCUT2D eigenvalue weighted by molar-refractivity contribution is 7.92. The molecule has 0 aromatic heterocycles. The minimum absolute atomic E-state index is 0.0295. The van der Waals surface area contributed by atoms with Crippen LogP contribution < -0.4 is 10.0 Å². The molecule has 1 amide bonds. The summed E-state index contributed by atoms with van der Waals surface area (Å²) in [7, 11) is -7.61. The summed E-state index contributed by atoms with van der Waals surface area (Å²) in [5.41, 5.74) is 1.70. The van der Waals surface area contributed by atoms with Crippen molar-refractivity contribution in [1.29, 1.82) is 0 Å². The molecular weight excluding hydrogens is 510 g/mol. The molecule has 184 valence electrons. The lowest BCUT2D eigenvalue weighted by Crippen LogP contribution is -2.27. The Labute approximate surface area is 210 Å². The van der Waals surface area contributed by atoms with Crippen molar-refractivity contribution in [3.8, 4) is 0 Å². The number of carbonyl (C=O) groups is 1. The normalized spacial score (nSPS) is 14.6. The largest absolute Gasteiger partial charge is 0.322 e. The van der Waals surface area contributed by atoms with Crippen LogP contribution in [0, 0.1) is 6.92 Å². The van der Waals surface area contributed by atoms with Crippen molar-refractivity contribution in [2.45, 2.75) is 29.6 Å². The van der Waals surface area contributed by atoms with Crippen LogP contribution >= 0.6 is 11.6 Å². The van der Waals surface area contributed by atoms with Crippen LogP contribution in [-0.2, 0) is 20.0 Å². The van der Waals surface area contributed by atoms with E-state index in [1.807, 2.05) is 13.0 Å². The molecule has 11 heteroatoms. The Morgan fingerprint density at radius 3 is 2.23 bits per heavy atom. The van der Waals surface area contributed by atoms with E-state index < -0.39 is 26.0 Å². The number of hydrogen-bond acceptors (Lipinski definition) is 5. The van der Waals surface area contributed by atoms with E-state index in [0.29, 0.717) is 24.5 Å². The van der Waals surface area contributed by atoms with Gasteiger partial charge in [-0.2, -0.15) is 4.31 Å². The second-order valence-corrected chi connectivity index (χ2v) is 12.2. The van der Waals surface area contributed by atoms with Gasteiger partial charge in [0.15, 0.2) is 0 Å². The molecule has 0 unspecified atom stereocenters. The maximum Gasteiger partial charge on any atom is 0.263 e. The van der Waals surface area contributed by atoms with Crippen molar-refractivity contribution in [2.24, 2.45) is 0 Å². The SMILES string of the molecule is Cc1cccc(NS(=O)(=O)c2cc(C(=O)Nc3ccc(S(=O)(=O)N4CCCC4)cc3)ccc2Cl)c1. The van der Waals surface area contributed by atoms with E-state index in [-0.39, 0.29) is 20.4 Å². The highest BCUT2D eigenvalue weighted by Crippen LogP contribution is 2.26. The van der Waals surface area contributed by atoms with E-state index >= 15 is 0 Å².